The van der Waals surface area contributed by atoms with Gasteiger partial charge in [-0.25, -0.2) is 9.37 Å². The highest BCUT2D eigenvalue weighted by Crippen LogP contribution is 2.29. The van der Waals surface area contributed by atoms with Crippen LogP contribution in [0.5, 0.6) is 0 Å². The second-order valence-corrected chi connectivity index (χ2v) is 4.15. The molecule has 0 atom stereocenters. The zero-order valence-corrected chi connectivity index (χ0v) is 10.7. The molecule has 18 heavy (non-hydrogen) atoms. The van der Waals surface area contributed by atoms with Crippen LogP contribution < -0.4 is 10.6 Å². The summed E-state index contributed by atoms with van der Waals surface area (Å²) in [5.74, 6) is 0.304. The van der Waals surface area contributed by atoms with E-state index in [1.54, 1.807) is 24.3 Å². The molecule has 94 valence electrons. The first-order valence-electron chi connectivity index (χ1n) is 5.57. The number of nitrogens with two attached hydrogens (primary N) is 1. The van der Waals surface area contributed by atoms with Gasteiger partial charge in [-0.2, -0.15) is 0 Å². The molecular formula is C13H13ClFN3. The van der Waals surface area contributed by atoms with E-state index in [0.29, 0.717) is 23.2 Å². The Bertz CT molecular complexity index is 542. The van der Waals surface area contributed by atoms with E-state index in [1.165, 1.54) is 12.1 Å². The number of nitrogens with zero attached hydrogens (tertiary/aromatic N) is 2. The third-order valence-electron chi connectivity index (χ3n) is 2.58. The maximum Gasteiger partial charge on any atom is 0.157 e. The normalized spacial score (nSPS) is 10.4. The van der Waals surface area contributed by atoms with Crippen LogP contribution in [0.15, 0.2) is 36.4 Å². The van der Waals surface area contributed by atoms with Crippen molar-refractivity contribution in [2.45, 2.75) is 6.92 Å². The highest BCUT2D eigenvalue weighted by molar-refractivity contribution is 6.29. The molecule has 0 saturated carbocycles. The fraction of sp³-hybridized carbons (Fsp3) is 0.154. The summed E-state index contributed by atoms with van der Waals surface area (Å²) in [6.07, 6.45) is 0. The molecule has 1 aromatic heterocycles. The highest BCUT2D eigenvalue weighted by Gasteiger charge is 2.12. The summed E-state index contributed by atoms with van der Waals surface area (Å²) in [5.41, 5.74) is 7.25. The van der Waals surface area contributed by atoms with Crippen molar-refractivity contribution in [2.75, 3.05) is 17.2 Å². The molecule has 0 saturated heterocycles. The van der Waals surface area contributed by atoms with Gasteiger partial charge in [0.05, 0.1) is 5.69 Å². The molecule has 0 fully saturated rings. The van der Waals surface area contributed by atoms with Gasteiger partial charge in [0.1, 0.15) is 11.0 Å². The Kier molecular flexibility index (Phi) is 3.67. The summed E-state index contributed by atoms with van der Waals surface area (Å²) in [6.45, 7) is 2.62. The second kappa shape index (κ2) is 5.23. The average Bonchev–Trinajstić information content (AvgIpc) is 2.37. The van der Waals surface area contributed by atoms with E-state index in [4.69, 9.17) is 17.3 Å². The third kappa shape index (κ3) is 2.54. The van der Waals surface area contributed by atoms with Crippen molar-refractivity contribution in [1.82, 2.24) is 4.98 Å². The van der Waals surface area contributed by atoms with Gasteiger partial charge in [-0.1, -0.05) is 11.6 Å². The van der Waals surface area contributed by atoms with Crippen LogP contribution in [0.25, 0.3) is 0 Å². The van der Waals surface area contributed by atoms with Gasteiger partial charge in [-0.05, 0) is 43.3 Å². The quantitative estimate of drug-likeness (QED) is 0.862. The number of nitrogen functional groups attached to an aromatic ring is 1. The largest absolute Gasteiger partial charge is 0.396 e. The number of benzene rings is 1. The zero-order valence-electron chi connectivity index (χ0n) is 9.90. The van der Waals surface area contributed by atoms with Gasteiger partial charge in [-0.3, -0.25) is 0 Å². The molecule has 1 aromatic carbocycles. The Morgan fingerprint density at radius 1 is 1.22 bits per heavy atom. The first kappa shape index (κ1) is 12.6. The number of pyridine rings is 1. The van der Waals surface area contributed by atoms with Crippen molar-refractivity contribution in [3.05, 3.63) is 47.4 Å². The van der Waals surface area contributed by atoms with Crippen LogP contribution >= 0.6 is 11.6 Å². The first-order chi connectivity index (χ1) is 8.61. The standard InChI is InChI=1S/C13H13ClFN3/c1-2-18(10-5-3-9(15)4-6-10)13-11(16)7-8-12(14)17-13/h3-8H,2,16H2,1H3. The van der Waals surface area contributed by atoms with Gasteiger partial charge >= 0.3 is 0 Å². The zero-order chi connectivity index (χ0) is 13.1. The summed E-state index contributed by atoms with van der Waals surface area (Å²) >= 11 is 5.88. The van der Waals surface area contributed by atoms with Crippen LogP contribution in [0.1, 0.15) is 6.92 Å². The van der Waals surface area contributed by atoms with Crippen LogP contribution in [-0.4, -0.2) is 11.5 Å². The molecule has 0 bridgehead atoms. The summed E-state index contributed by atoms with van der Waals surface area (Å²) in [7, 11) is 0. The second-order valence-electron chi connectivity index (χ2n) is 3.77. The van der Waals surface area contributed by atoms with E-state index in [1.807, 2.05) is 11.8 Å². The van der Waals surface area contributed by atoms with Gasteiger partial charge in [-0.15, -0.1) is 0 Å². The SMILES string of the molecule is CCN(c1ccc(F)cc1)c1nc(Cl)ccc1N. The summed E-state index contributed by atoms with van der Waals surface area (Å²) in [5, 5.41) is 0.375. The molecule has 5 heteroatoms. The van der Waals surface area contributed by atoms with Crippen LogP contribution in [0, 0.1) is 5.82 Å². The molecule has 0 aliphatic carbocycles. The van der Waals surface area contributed by atoms with E-state index in [9.17, 15) is 4.39 Å². The summed E-state index contributed by atoms with van der Waals surface area (Å²) < 4.78 is 12.9. The van der Waals surface area contributed by atoms with Crippen LogP contribution in [0.3, 0.4) is 0 Å². The Hall–Kier alpha value is -1.81. The molecule has 0 unspecified atom stereocenters. The monoisotopic (exact) mass is 265 g/mol. The number of anilines is 3. The highest BCUT2D eigenvalue weighted by atomic mass is 35.5. The summed E-state index contributed by atoms with van der Waals surface area (Å²) in [6, 6.07) is 9.51. The van der Waals surface area contributed by atoms with Crippen LogP contribution in [0.4, 0.5) is 21.6 Å². The Balaban J connectivity index is 2.44. The lowest BCUT2D eigenvalue weighted by molar-refractivity contribution is 0.628. The minimum absolute atomic E-state index is 0.276. The molecule has 2 aromatic rings. The minimum atomic E-state index is -0.276. The average molecular weight is 266 g/mol. The van der Waals surface area contributed by atoms with Crippen molar-refractivity contribution in [1.29, 1.82) is 0 Å². The lowest BCUT2D eigenvalue weighted by Crippen LogP contribution is -2.19. The topological polar surface area (TPSA) is 42.2 Å². The Labute approximate surface area is 110 Å². The third-order valence-corrected chi connectivity index (χ3v) is 2.79. The molecule has 2 N–H and O–H groups in total. The Morgan fingerprint density at radius 3 is 2.50 bits per heavy atom. The fourth-order valence-electron chi connectivity index (χ4n) is 1.73. The van der Waals surface area contributed by atoms with Gasteiger partial charge in [0.25, 0.3) is 0 Å². The molecule has 0 amide bonds. The number of hydrogen-bond acceptors (Lipinski definition) is 3. The van der Waals surface area contributed by atoms with Crippen molar-refractivity contribution < 1.29 is 4.39 Å². The number of halogens is 2. The number of rotatable bonds is 3. The smallest absolute Gasteiger partial charge is 0.157 e. The Morgan fingerprint density at radius 2 is 1.89 bits per heavy atom. The summed E-state index contributed by atoms with van der Waals surface area (Å²) in [4.78, 5) is 6.09. The van der Waals surface area contributed by atoms with Gasteiger partial charge in [0, 0.05) is 12.2 Å². The van der Waals surface area contributed by atoms with E-state index in [0.717, 1.165) is 5.69 Å². The van der Waals surface area contributed by atoms with Crippen LogP contribution in [0.2, 0.25) is 5.15 Å². The first-order valence-corrected chi connectivity index (χ1v) is 5.94. The fourth-order valence-corrected chi connectivity index (χ4v) is 1.87. The maximum atomic E-state index is 12.9. The molecule has 0 spiro atoms. The predicted octanol–water partition coefficient (Wildman–Crippen LogP) is 3.61. The lowest BCUT2D eigenvalue weighted by Gasteiger charge is -2.23. The van der Waals surface area contributed by atoms with Crippen molar-refractivity contribution in [3.8, 4) is 0 Å². The lowest BCUT2D eigenvalue weighted by atomic mass is 10.2. The molecule has 2 rings (SSSR count). The molecule has 3 nitrogen and oxygen atoms in total. The number of aromatic nitrogens is 1. The maximum absolute atomic E-state index is 12.9. The molecule has 0 radical (unpaired) electrons. The van der Waals surface area contributed by atoms with Gasteiger partial charge in [0.15, 0.2) is 5.82 Å². The molecule has 0 aliphatic heterocycles. The van der Waals surface area contributed by atoms with Crippen molar-refractivity contribution >= 4 is 28.8 Å². The van der Waals surface area contributed by atoms with Crippen LogP contribution in [-0.2, 0) is 0 Å². The van der Waals surface area contributed by atoms with E-state index in [-0.39, 0.29) is 5.82 Å². The van der Waals surface area contributed by atoms with E-state index in [2.05, 4.69) is 4.98 Å². The van der Waals surface area contributed by atoms with Gasteiger partial charge in [0.2, 0.25) is 0 Å². The minimum Gasteiger partial charge on any atom is -0.396 e. The predicted molar refractivity (Wildman–Crippen MR) is 72.7 cm³/mol. The van der Waals surface area contributed by atoms with Gasteiger partial charge < -0.3 is 10.6 Å². The van der Waals surface area contributed by atoms with Crippen molar-refractivity contribution in [3.63, 3.8) is 0 Å². The molecule has 0 aliphatic rings. The number of hydrogen-bond donors (Lipinski definition) is 1. The van der Waals surface area contributed by atoms with E-state index < -0.39 is 0 Å². The molecular weight excluding hydrogens is 253 g/mol. The van der Waals surface area contributed by atoms with Crippen molar-refractivity contribution in [2.24, 2.45) is 0 Å². The van der Waals surface area contributed by atoms with E-state index >= 15 is 0 Å². The molecule has 1 heterocycles.